The number of phenols is 1. The van der Waals surface area contributed by atoms with Gasteiger partial charge in [-0.25, -0.2) is 0 Å². The van der Waals surface area contributed by atoms with Crippen LogP contribution in [-0.4, -0.2) is 5.11 Å². The molecule has 0 aliphatic carbocycles. The zero-order valence-corrected chi connectivity index (χ0v) is 10.8. The van der Waals surface area contributed by atoms with Crippen LogP contribution in [0.3, 0.4) is 0 Å². The molecule has 0 spiro atoms. The van der Waals surface area contributed by atoms with Crippen molar-refractivity contribution in [1.29, 1.82) is 0 Å². The lowest BCUT2D eigenvalue weighted by molar-refractivity contribution is 0.459. The molecule has 1 aromatic carbocycles. The van der Waals surface area contributed by atoms with Gasteiger partial charge in [0.05, 0.1) is 0 Å². The Morgan fingerprint density at radius 1 is 1.19 bits per heavy atom. The summed E-state index contributed by atoms with van der Waals surface area (Å²) in [6, 6.07) is 4.13. The van der Waals surface area contributed by atoms with Gasteiger partial charge in [0.15, 0.2) is 0 Å². The minimum absolute atomic E-state index is 0.0973. The number of phenolic OH excluding ortho intramolecular Hbond substituents is 1. The summed E-state index contributed by atoms with van der Waals surface area (Å²) in [5.74, 6) is 0.386. The van der Waals surface area contributed by atoms with Crippen molar-refractivity contribution in [2.24, 2.45) is 5.73 Å². The molecule has 3 N–H and O–H groups in total. The highest BCUT2D eigenvalue weighted by Crippen LogP contribution is 2.31. The van der Waals surface area contributed by atoms with Gasteiger partial charge in [-0.3, -0.25) is 0 Å². The van der Waals surface area contributed by atoms with E-state index in [1.165, 1.54) is 5.56 Å². The van der Waals surface area contributed by atoms with Crippen LogP contribution in [0.1, 0.15) is 50.8 Å². The minimum atomic E-state index is 0.0973. The highest BCUT2D eigenvalue weighted by molar-refractivity contribution is 5.45. The summed E-state index contributed by atoms with van der Waals surface area (Å²) in [5.41, 5.74) is 8.89. The molecule has 0 unspecified atom stereocenters. The summed E-state index contributed by atoms with van der Waals surface area (Å²) in [4.78, 5) is 0. The molecule has 0 bridgehead atoms. The van der Waals surface area contributed by atoms with E-state index < -0.39 is 0 Å². The third-order valence-corrected chi connectivity index (χ3v) is 2.87. The summed E-state index contributed by atoms with van der Waals surface area (Å²) in [7, 11) is 0. The molecule has 0 atom stereocenters. The second-order valence-corrected chi connectivity index (χ2v) is 5.35. The van der Waals surface area contributed by atoms with Crippen LogP contribution in [0.25, 0.3) is 0 Å². The molecule has 0 radical (unpaired) electrons. The van der Waals surface area contributed by atoms with E-state index in [0.717, 1.165) is 24.0 Å². The number of hydrogen-bond acceptors (Lipinski definition) is 2. The maximum absolute atomic E-state index is 10.0. The van der Waals surface area contributed by atoms with Crippen molar-refractivity contribution in [3.8, 4) is 5.75 Å². The summed E-state index contributed by atoms with van der Waals surface area (Å²) >= 11 is 0. The van der Waals surface area contributed by atoms with E-state index in [9.17, 15) is 5.11 Å². The molecule has 0 aliphatic rings. The van der Waals surface area contributed by atoms with Crippen molar-refractivity contribution in [3.63, 3.8) is 0 Å². The summed E-state index contributed by atoms with van der Waals surface area (Å²) in [5, 5.41) is 10.0. The SMILES string of the molecule is CCCc1cc(C(C)(C)C)cc(CN)c1O. The Hall–Kier alpha value is -1.02. The summed E-state index contributed by atoms with van der Waals surface area (Å²) in [6.45, 7) is 9.04. The predicted molar refractivity (Wildman–Crippen MR) is 68.7 cm³/mol. The Morgan fingerprint density at radius 3 is 2.19 bits per heavy atom. The smallest absolute Gasteiger partial charge is 0.123 e. The largest absolute Gasteiger partial charge is 0.507 e. The molecule has 2 heteroatoms. The minimum Gasteiger partial charge on any atom is -0.507 e. The topological polar surface area (TPSA) is 46.2 Å². The van der Waals surface area contributed by atoms with Crippen LogP contribution in [0.4, 0.5) is 0 Å². The predicted octanol–water partition coefficient (Wildman–Crippen LogP) is 3.10. The molecule has 1 rings (SSSR count). The standard InChI is InChI=1S/C14H23NO/c1-5-6-10-7-12(14(2,3)4)8-11(9-15)13(10)16/h7-8,16H,5-6,9,15H2,1-4H3. The Labute approximate surface area is 98.5 Å². The first kappa shape index (κ1) is 13.0. The molecular formula is C14H23NO. The normalized spacial score (nSPS) is 11.8. The van der Waals surface area contributed by atoms with Gasteiger partial charge < -0.3 is 10.8 Å². The lowest BCUT2D eigenvalue weighted by Crippen LogP contribution is -2.13. The van der Waals surface area contributed by atoms with Crippen LogP contribution in [0.5, 0.6) is 5.75 Å². The maximum atomic E-state index is 10.0. The number of aryl methyl sites for hydroxylation is 1. The van der Waals surface area contributed by atoms with Crippen LogP contribution < -0.4 is 5.73 Å². The molecule has 0 saturated heterocycles. The molecule has 16 heavy (non-hydrogen) atoms. The van der Waals surface area contributed by atoms with Gasteiger partial charge in [0.25, 0.3) is 0 Å². The van der Waals surface area contributed by atoms with Crippen molar-refractivity contribution in [2.75, 3.05) is 0 Å². The Morgan fingerprint density at radius 2 is 1.75 bits per heavy atom. The third kappa shape index (κ3) is 2.76. The second-order valence-electron chi connectivity index (χ2n) is 5.35. The first-order valence-electron chi connectivity index (χ1n) is 5.95. The molecule has 0 saturated carbocycles. The van der Waals surface area contributed by atoms with E-state index in [4.69, 9.17) is 5.73 Å². The van der Waals surface area contributed by atoms with E-state index in [0.29, 0.717) is 12.3 Å². The fourth-order valence-corrected chi connectivity index (χ4v) is 1.81. The molecule has 0 aliphatic heterocycles. The molecule has 0 amide bonds. The van der Waals surface area contributed by atoms with Crippen molar-refractivity contribution >= 4 is 0 Å². The average Bonchev–Trinajstić information content (AvgIpc) is 2.19. The monoisotopic (exact) mass is 221 g/mol. The Bertz CT molecular complexity index is 364. The van der Waals surface area contributed by atoms with E-state index >= 15 is 0 Å². The van der Waals surface area contributed by atoms with Crippen molar-refractivity contribution in [3.05, 3.63) is 28.8 Å². The van der Waals surface area contributed by atoms with E-state index in [2.05, 4.69) is 33.8 Å². The van der Waals surface area contributed by atoms with E-state index in [1.807, 2.05) is 6.07 Å². The van der Waals surface area contributed by atoms with Crippen molar-refractivity contribution in [2.45, 2.75) is 52.5 Å². The lowest BCUT2D eigenvalue weighted by Gasteiger charge is -2.22. The fourth-order valence-electron chi connectivity index (χ4n) is 1.81. The number of benzene rings is 1. The quantitative estimate of drug-likeness (QED) is 0.824. The Balaban J connectivity index is 3.28. The molecule has 2 nitrogen and oxygen atoms in total. The van der Waals surface area contributed by atoms with Gasteiger partial charge in [-0.1, -0.05) is 46.2 Å². The highest BCUT2D eigenvalue weighted by atomic mass is 16.3. The van der Waals surface area contributed by atoms with E-state index in [-0.39, 0.29) is 5.41 Å². The van der Waals surface area contributed by atoms with Crippen molar-refractivity contribution < 1.29 is 5.11 Å². The molecule has 0 heterocycles. The summed E-state index contributed by atoms with van der Waals surface area (Å²) < 4.78 is 0. The van der Waals surface area contributed by atoms with Crippen LogP contribution >= 0.6 is 0 Å². The van der Waals surface area contributed by atoms with Gasteiger partial charge in [0, 0.05) is 12.1 Å². The lowest BCUT2D eigenvalue weighted by atomic mass is 9.84. The van der Waals surface area contributed by atoms with Gasteiger partial charge in [0.2, 0.25) is 0 Å². The molecule has 90 valence electrons. The first-order valence-corrected chi connectivity index (χ1v) is 5.95. The van der Waals surface area contributed by atoms with Gasteiger partial charge in [-0.2, -0.15) is 0 Å². The van der Waals surface area contributed by atoms with E-state index in [1.54, 1.807) is 0 Å². The molecule has 0 aromatic heterocycles. The Kier molecular flexibility index (Phi) is 3.98. The number of rotatable bonds is 3. The molecule has 0 fully saturated rings. The highest BCUT2D eigenvalue weighted by Gasteiger charge is 2.17. The van der Waals surface area contributed by atoms with Gasteiger partial charge in [-0.05, 0) is 23.0 Å². The zero-order valence-electron chi connectivity index (χ0n) is 10.8. The van der Waals surface area contributed by atoms with Crippen molar-refractivity contribution in [1.82, 2.24) is 0 Å². The van der Waals surface area contributed by atoms with Crippen LogP contribution in [0.15, 0.2) is 12.1 Å². The van der Waals surface area contributed by atoms with Gasteiger partial charge in [0.1, 0.15) is 5.75 Å². The van der Waals surface area contributed by atoms with Gasteiger partial charge in [-0.15, -0.1) is 0 Å². The third-order valence-electron chi connectivity index (χ3n) is 2.87. The number of hydrogen-bond donors (Lipinski definition) is 2. The number of aromatic hydroxyl groups is 1. The average molecular weight is 221 g/mol. The molecular weight excluding hydrogens is 198 g/mol. The van der Waals surface area contributed by atoms with Gasteiger partial charge >= 0.3 is 0 Å². The molecule has 1 aromatic rings. The maximum Gasteiger partial charge on any atom is 0.123 e. The van der Waals surface area contributed by atoms with Crippen LogP contribution in [0.2, 0.25) is 0 Å². The zero-order chi connectivity index (χ0) is 12.3. The fraction of sp³-hybridized carbons (Fsp3) is 0.571. The summed E-state index contributed by atoms with van der Waals surface area (Å²) in [6.07, 6.45) is 1.94. The number of nitrogens with two attached hydrogens (primary N) is 1. The second kappa shape index (κ2) is 4.88. The van der Waals surface area contributed by atoms with Crippen LogP contribution in [-0.2, 0) is 18.4 Å². The van der Waals surface area contributed by atoms with Crippen LogP contribution in [0, 0.1) is 0 Å². The first-order chi connectivity index (χ1) is 7.40.